The highest BCUT2D eigenvalue weighted by atomic mass is 35.5. The van der Waals surface area contributed by atoms with Gasteiger partial charge in [0.1, 0.15) is 38.2 Å². The number of rotatable bonds is 15. The first-order valence-corrected chi connectivity index (χ1v) is 24.8. The van der Waals surface area contributed by atoms with Crippen molar-refractivity contribution in [1.82, 2.24) is 43.6 Å². The molecule has 6 aromatic rings. The Morgan fingerprint density at radius 3 is 1.54 bits per heavy atom. The minimum Gasteiger partial charge on any atom is -0.380 e. The van der Waals surface area contributed by atoms with E-state index in [1.807, 2.05) is 77.5 Å². The molecular weight excluding hydrogens is 962 g/mol. The van der Waals surface area contributed by atoms with Crippen molar-refractivity contribution in [1.29, 1.82) is 0 Å². The minimum atomic E-state index is -0.810. The van der Waals surface area contributed by atoms with Crippen LogP contribution in [0, 0.1) is 10.8 Å². The summed E-state index contributed by atoms with van der Waals surface area (Å²) in [5.74, 6) is 1.20. The number of carbonyl (C=O) groups is 3. The fraction of sp³-hybridized carbons (Fsp3) is 0.571. The van der Waals surface area contributed by atoms with Crippen molar-refractivity contribution in [3.8, 4) is 0 Å². The molecule has 0 aromatic carbocycles. The molecule has 3 N–H and O–H groups in total. The normalized spacial score (nSPS) is 16.2. The van der Waals surface area contributed by atoms with Gasteiger partial charge in [-0.05, 0) is 107 Å². The molecule has 0 atom stereocenters. The molecule has 0 unspecified atom stereocenters. The molecule has 21 heteroatoms. The fourth-order valence-corrected chi connectivity index (χ4v) is 8.17. The highest BCUT2D eigenvalue weighted by Crippen LogP contribution is 2.40. The van der Waals surface area contributed by atoms with Crippen molar-refractivity contribution < 1.29 is 28.2 Å². The molecule has 0 radical (unpaired) electrons. The number of nitrogens with zero attached hydrogens (tertiary/aromatic N) is 9. The highest BCUT2D eigenvalue weighted by molar-refractivity contribution is 6.30. The standard InChI is InChI=1S/C17H23ClN4O2.C16H20ClFN4O.C16H23ClN4O2/c1-17(2,24-3)10-9-14(23)21-16-19-12-7-8-13(18)20-15(12)22(16)11-5-4-6-11;1-16(2,3)8-13(23)21-15-19-11-4-5-12(17)20-14(11)22(15)10-6-9(18)7-10;1-5-23-9-8-21-14-11(6-7-12(17)19-14)18-15(21)20-13(22)10-16(2,3)4/h7-8,11H,4-6,9-10H2,1-3H3,(H,19,21,23);4-5,9-10H,6-8H2,1-3H3,(H,19,21,23);6-7H,5,8-10H2,1-4H3,(H,18,20,22). The number of hydrogen-bond donors (Lipinski definition) is 3. The van der Waals surface area contributed by atoms with Crippen LogP contribution in [-0.4, -0.2) is 93.4 Å². The van der Waals surface area contributed by atoms with Gasteiger partial charge in [-0.1, -0.05) is 76.3 Å². The number of hydrogen-bond acceptors (Lipinski definition) is 11. The molecule has 0 bridgehead atoms. The molecule has 6 heterocycles. The first-order valence-electron chi connectivity index (χ1n) is 23.7. The third-order valence-electron chi connectivity index (χ3n) is 11.7. The zero-order valence-corrected chi connectivity index (χ0v) is 44.0. The number of pyridine rings is 3. The number of alkyl halides is 1. The Kier molecular flexibility index (Phi) is 17.9. The second-order valence-electron chi connectivity index (χ2n) is 20.7. The largest absolute Gasteiger partial charge is 0.380 e. The van der Waals surface area contributed by atoms with E-state index >= 15 is 0 Å². The van der Waals surface area contributed by atoms with Gasteiger partial charge in [0.05, 0.1) is 18.8 Å². The summed E-state index contributed by atoms with van der Waals surface area (Å²) in [4.78, 5) is 63.2. The van der Waals surface area contributed by atoms with Crippen LogP contribution in [0.4, 0.5) is 22.2 Å². The number of aromatic nitrogens is 9. The second kappa shape index (κ2) is 23.0. The van der Waals surface area contributed by atoms with Crippen molar-refractivity contribution in [3.05, 3.63) is 51.9 Å². The van der Waals surface area contributed by atoms with Gasteiger partial charge in [-0.25, -0.2) is 34.3 Å². The van der Waals surface area contributed by atoms with Crippen LogP contribution >= 0.6 is 34.8 Å². The average molecular weight is 1030 g/mol. The van der Waals surface area contributed by atoms with Crippen LogP contribution in [0.25, 0.3) is 33.5 Å². The van der Waals surface area contributed by atoms with Gasteiger partial charge < -0.3 is 9.47 Å². The fourth-order valence-electron chi connectivity index (χ4n) is 7.74. The highest BCUT2D eigenvalue weighted by Gasteiger charge is 2.34. The Bertz CT molecular complexity index is 2790. The summed E-state index contributed by atoms with van der Waals surface area (Å²) in [5.41, 5.74) is 3.51. The molecule has 0 spiro atoms. The molecule has 2 aliphatic carbocycles. The lowest BCUT2D eigenvalue weighted by molar-refractivity contribution is -0.118. The number of nitrogens with one attached hydrogen (secondary N) is 3. The van der Waals surface area contributed by atoms with Crippen LogP contribution in [-0.2, 0) is 30.4 Å². The van der Waals surface area contributed by atoms with Gasteiger partial charge in [-0.3, -0.25) is 44.0 Å². The summed E-state index contributed by atoms with van der Waals surface area (Å²) in [7, 11) is 1.66. The quantitative estimate of drug-likeness (QED) is 0.0653. The number of anilines is 3. The predicted molar refractivity (Wildman–Crippen MR) is 275 cm³/mol. The van der Waals surface area contributed by atoms with Crippen LogP contribution in [0.15, 0.2) is 36.4 Å². The first-order chi connectivity index (χ1) is 32.9. The van der Waals surface area contributed by atoms with Crippen molar-refractivity contribution in [3.63, 3.8) is 0 Å². The average Bonchev–Trinajstić information content (AvgIpc) is 3.87. The van der Waals surface area contributed by atoms with E-state index in [4.69, 9.17) is 44.3 Å². The molecule has 380 valence electrons. The van der Waals surface area contributed by atoms with Gasteiger partial charge in [0, 0.05) is 45.1 Å². The molecule has 0 saturated heterocycles. The Labute approximate surface area is 423 Å². The first kappa shape index (κ1) is 54.3. The zero-order chi connectivity index (χ0) is 51.1. The molecule has 0 aliphatic heterocycles. The van der Waals surface area contributed by atoms with Gasteiger partial charge in [0.25, 0.3) is 0 Å². The van der Waals surface area contributed by atoms with Crippen molar-refractivity contribution >= 4 is 104 Å². The number of methoxy groups -OCH3 is 1. The van der Waals surface area contributed by atoms with Gasteiger partial charge in [0.2, 0.25) is 35.6 Å². The van der Waals surface area contributed by atoms with Crippen LogP contribution < -0.4 is 16.0 Å². The summed E-state index contributed by atoms with van der Waals surface area (Å²) < 4.78 is 29.7. The van der Waals surface area contributed by atoms with E-state index in [9.17, 15) is 18.8 Å². The Balaban J connectivity index is 0.000000172. The monoisotopic (exact) mass is 1030 g/mol. The maximum atomic E-state index is 13.3. The summed E-state index contributed by atoms with van der Waals surface area (Å²) >= 11 is 18.0. The molecule has 6 aromatic heterocycles. The molecule has 2 saturated carbocycles. The van der Waals surface area contributed by atoms with Gasteiger partial charge in [-0.2, -0.15) is 0 Å². The Morgan fingerprint density at radius 1 is 0.657 bits per heavy atom. The van der Waals surface area contributed by atoms with Crippen LogP contribution in [0.1, 0.15) is 132 Å². The summed E-state index contributed by atoms with van der Waals surface area (Å²) in [5, 5.41) is 9.84. The minimum absolute atomic E-state index is 0.0501. The molecular formula is C49H66Cl3FN12O5. The van der Waals surface area contributed by atoms with Gasteiger partial charge in [-0.15, -0.1) is 0 Å². The smallest absolute Gasteiger partial charge is 0.227 e. The van der Waals surface area contributed by atoms with E-state index in [0.29, 0.717) is 120 Å². The number of amides is 3. The maximum absolute atomic E-state index is 13.3. The van der Waals surface area contributed by atoms with E-state index in [-0.39, 0.29) is 40.2 Å². The van der Waals surface area contributed by atoms with Crippen molar-refractivity contribution in [2.75, 3.05) is 36.3 Å². The number of ether oxygens (including phenoxy) is 2. The summed E-state index contributed by atoms with van der Waals surface area (Å²) in [6, 6.07) is 10.7. The molecule has 17 nitrogen and oxygen atoms in total. The van der Waals surface area contributed by atoms with E-state index in [1.165, 1.54) is 6.42 Å². The number of halogens is 4. The summed E-state index contributed by atoms with van der Waals surface area (Å²) in [6.07, 6.45) is 5.13. The molecule has 70 heavy (non-hydrogen) atoms. The molecule has 2 aliphatic rings. The number of fused-ring (bicyclic) bond motifs is 3. The lowest BCUT2D eigenvalue weighted by Gasteiger charge is -2.32. The topological polar surface area (TPSA) is 198 Å². The lowest BCUT2D eigenvalue weighted by Crippen LogP contribution is -2.30. The van der Waals surface area contributed by atoms with Gasteiger partial charge >= 0.3 is 0 Å². The lowest BCUT2D eigenvalue weighted by atomic mass is 9.90. The second-order valence-corrected chi connectivity index (χ2v) is 21.9. The third kappa shape index (κ3) is 14.8. The van der Waals surface area contributed by atoms with E-state index in [0.717, 1.165) is 24.0 Å². The Hall–Kier alpha value is -5.01. The maximum Gasteiger partial charge on any atom is 0.227 e. The number of imidazole rings is 3. The van der Waals surface area contributed by atoms with Crippen LogP contribution in [0.2, 0.25) is 15.5 Å². The molecule has 2 fully saturated rings. The summed E-state index contributed by atoms with van der Waals surface area (Å²) in [6.45, 7) is 19.6. The van der Waals surface area contributed by atoms with E-state index in [1.54, 1.807) is 42.0 Å². The third-order valence-corrected chi connectivity index (χ3v) is 12.4. The van der Waals surface area contributed by atoms with Crippen LogP contribution in [0.3, 0.4) is 0 Å². The Morgan fingerprint density at radius 2 is 1.10 bits per heavy atom. The molecule has 3 amide bonds. The van der Waals surface area contributed by atoms with E-state index < -0.39 is 6.17 Å². The van der Waals surface area contributed by atoms with Crippen molar-refractivity contribution in [2.45, 2.75) is 151 Å². The van der Waals surface area contributed by atoms with Crippen molar-refractivity contribution in [2.24, 2.45) is 10.8 Å². The molecule has 8 rings (SSSR count). The van der Waals surface area contributed by atoms with Crippen LogP contribution in [0.5, 0.6) is 0 Å². The van der Waals surface area contributed by atoms with Gasteiger partial charge in [0.15, 0.2) is 16.9 Å². The number of carbonyl (C=O) groups excluding carboxylic acids is 3. The van der Waals surface area contributed by atoms with E-state index in [2.05, 4.69) is 45.9 Å². The zero-order valence-electron chi connectivity index (χ0n) is 41.8. The SMILES string of the molecule is CC(C)(C)CC(=O)Nc1nc2ccc(Cl)nc2n1C1CC(F)C1.CCOCCn1c(NC(=O)CC(C)(C)C)nc2ccc(Cl)nc21.COC(C)(C)CCC(=O)Nc1nc2ccc(Cl)nc2n1C1CCC1. The predicted octanol–water partition coefficient (Wildman–Crippen LogP) is 11.6.